The lowest BCUT2D eigenvalue weighted by Crippen LogP contribution is -2.39. The molecule has 7 heteroatoms. The summed E-state index contributed by atoms with van der Waals surface area (Å²) in [5.74, 6) is 0.959. The zero-order chi connectivity index (χ0) is 19.3. The average Bonchev–Trinajstić information content (AvgIpc) is 2.66. The van der Waals surface area contributed by atoms with E-state index in [1.54, 1.807) is 12.1 Å². The molecule has 0 aliphatic carbocycles. The third-order valence-corrected chi connectivity index (χ3v) is 4.12. The van der Waals surface area contributed by atoms with Crippen LogP contribution >= 0.6 is 0 Å². The molecule has 1 unspecified atom stereocenters. The van der Waals surface area contributed by atoms with E-state index in [9.17, 15) is 4.39 Å². The maximum atomic E-state index is 13.2. The van der Waals surface area contributed by atoms with Crippen molar-refractivity contribution in [3.05, 3.63) is 30.1 Å². The lowest BCUT2D eigenvalue weighted by molar-refractivity contribution is -0.0320. The standard InChI is InChI=1S/C20H32FN3O3/c1-3-22-20(23-10-5-11-26-18-8-12-25-13-9-18)24-15-16(2)27-19-7-4-6-17(21)14-19/h4,6-7,14,16,18H,3,5,8-13,15H2,1-2H3,(H2,22,23,24). The van der Waals surface area contributed by atoms with E-state index in [0.29, 0.717) is 18.4 Å². The molecule has 27 heavy (non-hydrogen) atoms. The molecule has 0 bridgehead atoms. The predicted octanol–water partition coefficient (Wildman–Crippen LogP) is 2.73. The van der Waals surface area contributed by atoms with Crippen LogP contribution < -0.4 is 15.4 Å². The summed E-state index contributed by atoms with van der Waals surface area (Å²) in [6, 6.07) is 6.15. The first-order chi connectivity index (χ1) is 13.2. The molecule has 2 N–H and O–H groups in total. The van der Waals surface area contributed by atoms with Crippen molar-refractivity contribution >= 4 is 5.96 Å². The van der Waals surface area contributed by atoms with Crippen LogP contribution in [0.1, 0.15) is 33.1 Å². The summed E-state index contributed by atoms with van der Waals surface area (Å²) in [5.41, 5.74) is 0. The lowest BCUT2D eigenvalue weighted by Gasteiger charge is -2.22. The molecule has 0 saturated carbocycles. The summed E-state index contributed by atoms with van der Waals surface area (Å²) in [7, 11) is 0. The molecule has 152 valence electrons. The number of halogens is 1. The van der Waals surface area contributed by atoms with Crippen molar-refractivity contribution in [2.45, 2.75) is 45.3 Å². The van der Waals surface area contributed by atoms with E-state index in [1.165, 1.54) is 12.1 Å². The molecule has 1 heterocycles. The molecule has 1 aromatic rings. The number of hydrogen-bond acceptors (Lipinski definition) is 4. The van der Waals surface area contributed by atoms with Gasteiger partial charge in [-0.1, -0.05) is 6.07 Å². The highest BCUT2D eigenvalue weighted by molar-refractivity contribution is 5.79. The van der Waals surface area contributed by atoms with E-state index in [1.807, 2.05) is 13.8 Å². The second-order valence-corrected chi connectivity index (χ2v) is 6.57. The fraction of sp³-hybridized carbons (Fsp3) is 0.650. The minimum absolute atomic E-state index is 0.154. The molecule has 1 atom stereocenters. The van der Waals surface area contributed by atoms with Gasteiger partial charge in [0.05, 0.1) is 12.6 Å². The van der Waals surface area contributed by atoms with Crippen molar-refractivity contribution in [1.29, 1.82) is 0 Å². The van der Waals surface area contributed by atoms with Crippen molar-refractivity contribution in [3.63, 3.8) is 0 Å². The molecule has 0 amide bonds. The second kappa shape index (κ2) is 12.5. The van der Waals surface area contributed by atoms with Crippen LogP contribution in [0.3, 0.4) is 0 Å². The zero-order valence-corrected chi connectivity index (χ0v) is 16.4. The highest BCUT2D eigenvalue weighted by atomic mass is 19.1. The Bertz CT molecular complexity index is 565. The quantitative estimate of drug-likeness (QED) is 0.371. The molecule has 0 spiro atoms. The first-order valence-corrected chi connectivity index (χ1v) is 9.81. The van der Waals surface area contributed by atoms with Crippen LogP contribution in [0, 0.1) is 5.82 Å². The van der Waals surface area contributed by atoms with Gasteiger partial charge in [0.2, 0.25) is 0 Å². The van der Waals surface area contributed by atoms with Gasteiger partial charge in [-0.3, -0.25) is 0 Å². The molecule has 1 aromatic carbocycles. The van der Waals surface area contributed by atoms with Crippen LogP contribution in [0.2, 0.25) is 0 Å². The van der Waals surface area contributed by atoms with Crippen LogP contribution in [0.5, 0.6) is 5.75 Å². The lowest BCUT2D eigenvalue weighted by atomic mass is 10.1. The normalized spacial score (nSPS) is 16.8. The van der Waals surface area contributed by atoms with Gasteiger partial charge in [-0.25, -0.2) is 9.38 Å². The number of ether oxygens (including phenoxy) is 3. The SMILES string of the molecule is CCNC(=NCC(C)Oc1cccc(F)c1)NCCCOC1CCOCC1. The van der Waals surface area contributed by atoms with Crippen LogP contribution in [0.15, 0.2) is 29.3 Å². The molecule has 1 aliphatic heterocycles. The van der Waals surface area contributed by atoms with Crippen molar-refractivity contribution in [2.75, 3.05) is 39.5 Å². The number of benzene rings is 1. The van der Waals surface area contributed by atoms with E-state index in [4.69, 9.17) is 14.2 Å². The third-order valence-electron chi connectivity index (χ3n) is 4.12. The van der Waals surface area contributed by atoms with Gasteiger partial charge in [-0.2, -0.15) is 0 Å². The smallest absolute Gasteiger partial charge is 0.191 e. The van der Waals surface area contributed by atoms with Gasteiger partial charge in [0.1, 0.15) is 17.7 Å². The highest BCUT2D eigenvalue weighted by Crippen LogP contribution is 2.14. The molecule has 2 rings (SSSR count). The van der Waals surface area contributed by atoms with Crippen molar-refractivity contribution < 1.29 is 18.6 Å². The highest BCUT2D eigenvalue weighted by Gasteiger charge is 2.13. The first kappa shape index (κ1) is 21.4. The summed E-state index contributed by atoms with van der Waals surface area (Å²) >= 11 is 0. The van der Waals surface area contributed by atoms with Gasteiger partial charge in [0, 0.05) is 39.0 Å². The van der Waals surface area contributed by atoms with E-state index in [-0.39, 0.29) is 11.9 Å². The summed E-state index contributed by atoms with van der Waals surface area (Å²) in [4.78, 5) is 4.54. The number of hydrogen-bond donors (Lipinski definition) is 2. The maximum absolute atomic E-state index is 13.2. The molecule has 1 saturated heterocycles. The minimum atomic E-state index is -0.304. The predicted molar refractivity (Wildman–Crippen MR) is 105 cm³/mol. The Balaban J connectivity index is 1.66. The number of nitrogens with zero attached hydrogens (tertiary/aromatic N) is 1. The molecular formula is C20H32FN3O3. The fourth-order valence-electron chi connectivity index (χ4n) is 2.74. The van der Waals surface area contributed by atoms with Crippen LogP contribution in [0.4, 0.5) is 4.39 Å². The van der Waals surface area contributed by atoms with Gasteiger partial charge in [-0.15, -0.1) is 0 Å². The average molecular weight is 381 g/mol. The van der Waals surface area contributed by atoms with Gasteiger partial charge in [-0.05, 0) is 45.2 Å². The van der Waals surface area contributed by atoms with Crippen molar-refractivity contribution in [3.8, 4) is 5.75 Å². The van der Waals surface area contributed by atoms with E-state index >= 15 is 0 Å². The van der Waals surface area contributed by atoms with Crippen molar-refractivity contribution in [1.82, 2.24) is 10.6 Å². The van der Waals surface area contributed by atoms with Gasteiger partial charge < -0.3 is 24.8 Å². The summed E-state index contributed by atoms with van der Waals surface area (Å²) in [5, 5.41) is 6.52. The number of rotatable bonds is 10. The molecular weight excluding hydrogens is 349 g/mol. The molecule has 0 radical (unpaired) electrons. The van der Waals surface area contributed by atoms with Gasteiger partial charge >= 0.3 is 0 Å². The number of aliphatic imine (C=N–C) groups is 1. The third kappa shape index (κ3) is 9.06. The summed E-state index contributed by atoms with van der Waals surface area (Å²) in [6.07, 6.45) is 3.07. The van der Waals surface area contributed by atoms with E-state index in [2.05, 4.69) is 15.6 Å². The number of guanidine groups is 1. The largest absolute Gasteiger partial charge is 0.489 e. The summed E-state index contributed by atoms with van der Waals surface area (Å²) in [6.45, 7) is 8.32. The Morgan fingerprint density at radius 2 is 2.15 bits per heavy atom. The Kier molecular flexibility index (Phi) is 9.94. The zero-order valence-electron chi connectivity index (χ0n) is 16.4. The maximum Gasteiger partial charge on any atom is 0.191 e. The fourth-order valence-corrected chi connectivity index (χ4v) is 2.74. The number of nitrogens with one attached hydrogen (secondary N) is 2. The first-order valence-electron chi connectivity index (χ1n) is 9.81. The van der Waals surface area contributed by atoms with Crippen LogP contribution in [-0.2, 0) is 9.47 Å². The van der Waals surface area contributed by atoms with E-state index in [0.717, 1.165) is 58.1 Å². The Labute approximate surface area is 161 Å². The van der Waals surface area contributed by atoms with Gasteiger partial charge in [0.25, 0.3) is 0 Å². The molecule has 6 nitrogen and oxygen atoms in total. The molecule has 1 aliphatic rings. The van der Waals surface area contributed by atoms with Gasteiger partial charge in [0.15, 0.2) is 5.96 Å². The van der Waals surface area contributed by atoms with Crippen LogP contribution in [-0.4, -0.2) is 57.6 Å². The topological polar surface area (TPSA) is 64.1 Å². The minimum Gasteiger partial charge on any atom is -0.489 e. The second-order valence-electron chi connectivity index (χ2n) is 6.57. The van der Waals surface area contributed by atoms with Crippen molar-refractivity contribution in [2.24, 2.45) is 4.99 Å². The molecule has 1 fully saturated rings. The Morgan fingerprint density at radius 1 is 1.33 bits per heavy atom. The Morgan fingerprint density at radius 3 is 2.89 bits per heavy atom. The monoisotopic (exact) mass is 381 g/mol. The van der Waals surface area contributed by atoms with Crippen LogP contribution in [0.25, 0.3) is 0 Å². The summed E-state index contributed by atoms with van der Waals surface area (Å²) < 4.78 is 30.1. The Hall–Kier alpha value is -1.86. The molecule has 0 aromatic heterocycles. The van der Waals surface area contributed by atoms with E-state index < -0.39 is 0 Å².